The molecule has 0 fully saturated rings. The normalized spacial score (nSPS) is 10.6. The Labute approximate surface area is 100 Å². The average Bonchev–Trinajstić information content (AvgIpc) is 2.53. The summed E-state index contributed by atoms with van der Waals surface area (Å²) in [5, 5.41) is 4.32. The highest BCUT2D eigenvalue weighted by molar-refractivity contribution is 9.10. The van der Waals surface area contributed by atoms with E-state index in [4.69, 9.17) is 21.9 Å². The largest absolute Gasteiger partial charge is 0.381 e. The van der Waals surface area contributed by atoms with Gasteiger partial charge in [0.2, 0.25) is 0 Å². The van der Waals surface area contributed by atoms with Gasteiger partial charge in [0, 0.05) is 15.6 Å². The molecule has 0 aliphatic heterocycles. The zero-order valence-corrected chi connectivity index (χ0v) is 10.3. The second-order valence-electron chi connectivity index (χ2n) is 3.15. The number of nitrogens with two attached hydrogens (primary N) is 1. The van der Waals surface area contributed by atoms with E-state index in [1.165, 1.54) is 0 Å². The van der Waals surface area contributed by atoms with E-state index in [2.05, 4.69) is 21.1 Å². The first-order valence-electron chi connectivity index (χ1n) is 4.26. The third-order valence-electron chi connectivity index (χ3n) is 2.14. The van der Waals surface area contributed by atoms with Gasteiger partial charge in [-0.25, -0.2) is 0 Å². The van der Waals surface area contributed by atoms with Crippen molar-refractivity contribution in [1.29, 1.82) is 0 Å². The quantitative estimate of drug-likeness (QED) is 0.871. The zero-order chi connectivity index (χ0) is 11.0. The molecule has 2 N–H and O–H groups in total. The molecule has 0 saturated heterocycles. The van der Waals surface area contributed by atoms with Crippen molar-refractivity contribution < 1.29 is 4.52 Å². The summed E-state index contributed by atoms with van der Waals surface area (Å²) in [6.45, 7) is 1.86. The average molecular weight is 288 g/mol. The second-order valence-corrected chi connectivity index (χ2v) is 4.41. The van der Waals surface area contributed by atoms with Gasteiger partial charge in [0.15, 0.2) is 11.6 Å². The maximum Gasteiger partial charge on any atom is 0.172 e. The number of aromatic nitrogens is 1. The molecule has 5 heteroatoms. The first-order chi connectivity index (χ1) is 7.09. The molecular formula is C10H8BrClN2O. The van der Waals surface area contributed by atoms with Gasteiger partial charge < -0.3 is 10.3 Å². The topological polar surface area (TPSA) is 52.0 Å². The van der Waals surface area contributed by atoms with Crippen LogP contribution in [-0.2, 0) is 0 Å². The summed E-state index contributed by atoms with van der Waals surface area (Å²) in [5.41, 5.74) is 7.29. The van der Waals surface area contributed by atoms with Gasteiger partial charge in [-0.3, -0.25) is 0 Å². The predicted molar refractivity (Wildman–Crippen MR) is 63.8 cm³/mol. The first-order valence-corrected chi connectivity index (χ1v) is 5.44. The van der Waals surface area contributed by atoms with Crippen molar-refractivity contribution in [1.82, 2.24) is 5.16 Å². The Bertz CT molecular complexity index is 510. The molecule has 3 nitrogen and oxygen atoms in total. The maximum absolute atomic E-state index is 5.98. The van der Waals surface area contributed by atoms with Gasteiger partial charge in [-0.05, 0) is 41.1 Å². The fourth-order valence-corrected chi connectivity index (χ4v) is 1.68. The molecular weight excluding hydrogens is 279 g/mol. The summed E-state index contributed by atoms with van der Waals surface area (Å²) < 4.78 is 5.97. The van der Waals surface area contributed by atoms with E-state index in [0.717, 1.165) is 15.6 Å². The lowest BCUT2D eigenvalue weighted by molar-refractivity contribution is 0.435. The van der Waals surface area contributed by atoms with Crippen molar-refractivity contribution in [2.45, 2.75) is 6.92 Å². The summed E-state index contributed by atoms with van der Waals surface area (Å²) in [6, 6.07) is 5.55. The molecule has 78 valence electrons. The second kappa shape index (κ2) is 3.87. The van der Waals surface area contributed by atoms with Crippen LogP contribution in [0.3, 0.4) is 0 Å². The van der Waals surface area contributed by atoms with E-state index >= 15 is 0 Å². The molecule has 0 aliphatic rings. The molecule has 0 unspecified atom stereocenters. The molecule has 1 heterocycles. The van der Waals surface area contributed by atoms with Crippen LogP contribution in [0.15, 0.2) is 27.2 Å². The lowest BCUT2D eigenvalue weighted by Gasteiger charge is -2.00. The van der Waals surface area contributed by atoms with Crippen molar-refractivity contribution in [3.63, 3.8) is 0 Å². The van der Waals surface area contributed by atoms with Gasteiger partial charge in [0.1, 0.15) is 0 Å². The SMILES string of the molecule is Cc1c(N)noc1-c1ccc(Br)c(Cl)c1. The highest BCUT2D eigenvalue weighted by atomic mass is 79.9. The minimum atomic E-state index is 0.407. The highest BCUT2D eigenvalue weighted by Crippen LogP contribution is 2.31. The number of anilines is 1. The van der Waals surface area contributed by atoms with Crippen LogP contribution in [0.4, 0.5) is 5.82 Å². The number of benzene rings is 1. The molecule has 0 saturated carbocycles. The van der Waals surface area contributed by atoms with Gasteiger partial charge in [-0.1, -0.05) is 16.8 Å². The van der Waals surface area contributed by atoms with E-state index in [-0.39, 0.29) is 0 Å². The lowest BCUT2D eigenvalue weighted by Crippen LogP contribution is -1.86. The summed E-state index contributed by atoms with van der Waals surface area (Å²) in [4.78, 5) is 0. The Balaban J connectivity index is 2.55. The van der Waals surface area contributed by atoms with Crippen molar-refractivity contribution in [2.75, 3.05) is 5.73 Å². The van der Waals surface area contributed by atoms with Crippen molar-refractivity contribution >= 4 is 33.3 Å². The van der Waals surface area contributed by atoms with Crippen molar-refractivity contribution in [3.05, 3.63) is 33.3 Å². The summed E-state index contributed by atoms with van der Waals surface area (Å²) >= 11 is 9.31. The summed E-state index contributed by atoms with van der Waals surface area (Å²) in [6.07, 6.45) is 0. The molecule has 0 atom stereocenters. The monoisotopic (exact) mass is 286 g/mol. The molecule has 0 aliphatic carbocycles. The van der Waals surface area contributed by atoms with Gasteiger partial charge >= 0.3 is 0 Å². The van der Waals surface area contributed by atoms with E-state index in [9.17, 15) is 0 Å². The molecule has 0 spiro atoms. The lowest BCUT2D eigenvalue weighted by atomic mass is 10.1. The Morgan fingerprint density at radius 3 is 2.73 bits per heavy atom. The third-order valence-corrected chi connectivity index (χ3v) is 3.37. The molecule has 0 radical (unpaired) electrons. The smallest absolute Gasteiger partial charge is 0.172 e. The summed E-state index contributed by atoms with van der Waals surface area (Å²) in [5.74, 6) is 1.06. The van der Waals surface area contributed by atoms with Crippen molar-refractivity contribution in [2.24, 2.45) is 0 Å². The minimum Gasteiger partial charge on any atom is -0.381 e. The zero-order valence-electron chi connectivity index (χ0n) is 7.92. The van der Waals surface area contributed by atoms with E-state index in [1.54, 1.807) is 6.07 Å². The highest BCUT2D eigenvalue weighted by Gasteiger charge is 2.12. The number of hydrogen-bond donors (Lipinski definition) is 1. The predicted octanol–water partition coefficient (Wildman–Crippen LogP) is 3.65. The Kier molecular flexibility index (Phi) is 2.71. The van der Waals surface area contributed by atoms with Gasteiger partial charge in [0.05, 0.1) is 5.02 Å². The van der Waals surface area contributed by atoms with Crippen LogP contribution in [0, 0.1) is 6.92 Å². The number of nitrogens with zero attached hydrogens (tertiary/aromatic N) is 1. The summed E-state index contributed by atoms with van der Waals surface area (Å²) in [7, 11) is 0. The van der Waals surface area contributed by atoms with Crippen LogP contribution in [0.2, 0.25) is 5.02 Å². The van der Waals surface area contributed by atoms with Gasteiger partial charge in [-0.2, -0.15) is 0 Å². The molecule has 1 aromatic carbocycles. The van der Waals surface area contributed by atoms with Gasteiger partial charge in [0.25, 0.3) is 0 Å². The van der Waals surface area contributed by atoms with Crippen LogP contribution in [0.5, 0.6) is 0 Å². The Hall–Kier alpha value is -1.000. The van der Waals surface area contributed by atoms with E-state index in [0.29, 0.717) is 16.6 Å². The molecule has 15 heavy (non-hydrogen) atoms. The molecule has 2 aromatic rings. The maximum atomic E-state index is 5.98. The molecule has 1 aromatic heterocycles. The molecule has 0 bridgehead atoms. The number of halogens is 2. The fourth-order valence-electron chi connectivity index (χ4n) is 1.25. The van der Waals surface area contributed by atoms with Crippen molar-refractivity contribution in [3.8, 4) is 11.3 Å². The fraction of sp³-hybridized carbons (Fsp3) is 0.100. The Morgan fingerprint density at radius 1 is 1.47 bits per heavy atom. The number of rotatable bonds is 1. The van der Waals surface area contributed by atoms with Crippen LogP contribution in [0.1, 0.15) is 5.56 Å². The van der Waals surface area contributed by atoms with Crippen LogP contribution in [-0.4, -0.2) is 5.16 Å². The number of nitrogen functional groups attached to an aromatic ring is 1. The molecule has 2 rings (SSSR count). The Morgan fingerprint density at radius 2 is 2.20 bits per heavy atom. The first kappa shape index (κ1) is 10.5. The third kappa shape index (κ3) is 1.87. The standard InChI is InChI=1S/C10H8BrClN2O/c1-5-9(15-14-10(5)13)6-2-3-7(11)8(12)4-6/h2-4H,1H3,(H2,13,14). The van der Waals surface area contributed by atoms with Crippen LogP contribution < -0.4 is 5.73 Å². The molecule has 0 amide bonds. The van der Waals surface area contributed by atoms with Gasteiger partial charge in [-0.15, -0.1) is 0 Å². The minimum absolute atomic E-state index is 0.407. The number of hydrogen-bond acceptors (Lipinski definition) is 3. The van der Waals surface area contributed by atoms with E-state index < -0.39 is 0 Å². The van der Waals surface area contributed by atoms with E-state index in [1.807, 2.05) is 19.1 Å². The van der Waals surface area contributed by atoms with Crippen LogP contribution >= 0.6 is 27.5 Å². The van der Waals surface area contributed by atoms with Crippen LogP contribution in [0.25, 0.3) is 11.3 Å².